The summed E-state index contributed by atoms with van der Waals surface area (Å²) >= 11 is 0. The highest BCUT2D eigenvalue weighted by molar-refractivity contribution is 6.34. The van der Waals surface area contributed by atoms with Crippen molar-refractivity contribution in [1.82, 2.24) is 5.32 Å². The number of fused-ring (bicyclic) bond motifs is 1. The summed E-state index contributed by atoms with van der Waals surface area (Å²) in [5, 5.41) is 2.61. The van der Waals surface area contributed by atoms with Gasteiger partial charge in [-0.15, -0.1) is 0 Å². The van der Waals surface area contributed by atoms with Crippen LogP contribution in [-0.4, -0.2) is 36.3 Å². The van der Waals surface area contributed by atoms with Crippen molar-refractivity contribution in [2.24, 2.45) is 0 Å². The first-order chi connectivity index (χ1) is 13.3. The molecule has 1 N–H and O–H groups in total. The van der Waals surface area contributed by atoms with Crippen LogP contribution in [0.3, 0.4) is 0 Å². The fourth-order valence-corrected chi connectivity index (χ4v) is 2.98. The summed E-state index contributed by atoms with van der Waals surface area (Å²) in [6, 6.07) is 11.2. The maximum absolute atomic E-state index is 12.8. The normalized spacial score (nSPS) is 12.9. The van der Waals surface area contributed by atoms with E-state index in [-0.39, 0.29) is 22.7 Å². The van der Waals surface area contributed by atoms with Crippen LogP contribution in [0.25, 0.3) is 0 Å². The topological polar surface area (TPSA) is 92.8 Å². The number of para-hydroxylation sites is 1. The molecular weight excluding hydrogens is 360 g/mol. The van der Waals surface area contributed by atoms with Gasteiger partial charge in [0.2, 0.25) is 0 Å². The van der Waals surface area contributed by atoms with Gasteiger partial charge in [0.15, 0.2) is 6.61 Å². The third kappa shape index (κ3) is 3.64. The van der Waals surface area contributed by atoms with Gasteiger partial charge in [0, 0.05) is 6.04 Å². The van der Waals surface area contributed by atoms with Crippen molar-refractivity contribution >= 4 is 29.4 Å². The smallest absolute Gasteiger partial charge is 0.338 e. The minimum atomic E-state index is -0.740. The molecule has 2 aromatic carbocycles. The van der Waals surface area contributed by atoms with Crippen LogP contribution in [-0.2, 0) is 9.53 Å². The molecule has 3 amide bonds. The molecule has 0 aromatic heterocycles. The zero-order chi connectivity index (χ0) is 20.4. The predicted octanol–water partition coefficient (Wildman–Crippen LogP) is 2.48. The predicted molar refractivity (Wildman–Crippen MR) is 102 cm³/mol. The SMILES string of the molecule is Cc1ccccc1N1C(=O)c2ccc(C(=O)OCC(=O)NC(C)C)cc2C1=O. The number of aryl methyl sites for hydroxylation is 1. The summed E-state index contributed by atoms with van der Waals surface area (Å²) < 4.78 is 4.98. The van der Waals surface area contributed by atoms with Crippen molar-refractivity contribution in [3.8, 4) is 0 Å². The first-order valence-electron chi connectivity index (χ1n) is 8.84. The second-order valence-corrected chi connectivity index (χ2v) is 6.79. The van der Waals surface area contributed by atoms with Crippen molar-refractivity contribution < 1.29 is 23.9 Å². The van der Waals surface area contributed by atoms with E-state index in [2.05, 4.69) is 5.32 Å². The number of nitrogens with one attached hydrogen (secondary N) is 1. The number of esters is 1. The molecule has 0 saturated carbocycles. The zero-order valence-electron chi connectivity index (χ0n) is 15.8. The zero-order valence-corrected chi connectivity index (χ0v) is 15.8. The lowest BCUT2D eigenvalue weighted by Crippen LogP contribution is -2.34. The standard InChI is InChI=1S/C21H20N2O5/c1-12(2)22-18(24)11-28-21(27)14-8-9-15-16(10-14)20(26)23(19(15)25)17-7-5-4-6-13(17)3/h4-10,12H,11H2,1-3H3,(H,22,24). The number of ether oxygens (including phenoxy) is 1. The average molecular weight is 380 g/mol. The largest absolute Gasteiger partial charge is 0.452 e. The Morgan fingerprint density at radius 1 is 1.04 bits per heavy atom. The van der Waals surface area contributed by atoms with E-state index in [1.807, 2.05) is 19.1 Å². The van der Waals surface area contributed by atoms with Gasteiger partial charge in [-0.1, -0.05) is 18.2 Å². The van der Waals surface area contributed by atoms with Crippen molar-refractivity contribution in [1.29, 1.82) is 0 Å². The van der Waals surface area contributed by atoms with Gasteiger partial charge in [0.25, 0.3) is 17.7 Å². The molecule has 0 bridgehead atoms. The highest BCUT2D eigenvalue weighted by Gasteiger charge is 2.37. The van der Waals surface area contributed by atoms with E-state index in [0.717, 1.165) is 10.5 Å². The molecule has 7 nitrogen and oxygen atoms in total. The van der Waals surface area contributed by atoms with Crippen LogP contribution in [0.15, 0.2) is 42.5 Å². The van der Waals surface area contributed by atoms with E-state index in [4.69, 9.17) is 4.74 Å². The average Bonchev–Trinajstić information content (AvgIpc) is 2.90. The van der Waals surface area contributed by atoms with Crippen molar-refractivity contribution in [2.75, 3.05) is 11.5 Å². The quantitative estimate of drug-likeness (QED) is 0.635. The van der Waals surface area contributed by atoms with Crippen molar-refractivity contribution in [3.05, 3.63) is 64.7 Å². The molecule has 0 spiro atoms. The molecule has 3 rings (SSSR count). The molecule has 0 fully saturated rings. The van der Waals surface area contributed by atoms with E-state index >= 15 is 0 Å². The fraction of sp³-hybridized carbons (Fsp3) is 0.238. The Balaban J connectivity index is 1.81. The van der Waals surface area contributed by atoms with Crippen LogP contribution in [0.4, 0.5) is 5.69 Å². The summed E-state index contributed by atoms with van der Waals surface area (Å²) in [5.41, 5.74) is 1.75. The number of rotatable bonds is 5. The number of anilines is 1. The molecular formula is C21H20N2O5. The van der Waals surface area contributed by atoms with Gasteiger partial charge in [0.05, 0.1) is 22.4 Å². The molecule has 0 radical (unpaired) electrons. The molecule has 0 aliphatic carbocycles. The summed E-state index contributed by atoms with van der Waals surface area (Å²) in [5.74, 6) is -2.09. The number of imide groups is 1. The number of benzene rings is 2. The minimum absolute atomic E-state index is 0.0674. The number of carbonyl (C=O) groups excluding carboxylic acids is 4. The molecule has 0 unspecified atom stereocenters. The highest BCUT2D eigenvalue weighted by Crippen LogP contribution is 2.31. The third-order valence-corrected chi connectivity index (χ3v) is 4.26. The summed E-state index contributed by atoms with van der Waals surface area (Å²) in [6.07, 6.45) is 0. The van der Waals surface area contributed by atoms with Crippen LogP contribution < -0.4 is 10.2 Å². The van der Waals surface area contributed by atoms with Crippen LogP contribution in [0.1, 0.15) is 50.5 Å². The Kier molecular flexibility index (Phi) is 5.26. The molecule has 1 aliphatic heterocycles. The van der Waals surface area contributed by atoms with E-state index < -0.39 is 30.3 Å². The van der Waals surface area contributed by atoms with Crippen molar-refractivity contribution in [2.45, 2.75) is 26.8 Å². The Morgan fingerprint density at radius 3 is 2.39 bits per heavy atom. The highest BCUT2D eigenvalue weighted by atomic mass is 16.5. The van der Waals surface area contributed by atoms with Gasteiger partial charge in [-0.25, -0.2) is 9.69 Å². The van der Waals surface area contributed by atoms with E-state index in [9.17, 15) is 19.2 Å². The van der Waals surface area contributed by atoms with Gasteiger partial charge in [-0.3, -0.25) is 14.4 Å². The monoisotopic (exact) mass is 380 g/mol. The lowest BCUT2D eigenvalue weighted by Gasteiger charge is -2.16. The van der Waals surface area contributed by atoms with Crippen LogP contribution >= 0.6 is 0 Å². The summed E-state index contributed by atoms with van der Waals surface area (Å²) in [6.45, 7) is 4.98. The van der Waals surface area contributed by atoms with E-state index in [1.165, 1.54) is 18.2 Å². The molecule has 2 aromatic rings. The molecule has 144 valence electrons. The Labute approximate surface area is 162 Å². The molecule has 1 aliphatic rings. The maximum Gasteiger partial charge on any atom is 0.338 e. The Morgan fingerprint density at radius 2 is 1.71 bits per heavy atom. The Bertz CT molecular complexity index is 981. The van der Waals surface area contributed by atoms with E-state index in [0.29, 0.717) is 5.69 Å². The lowest BCUT2D eigenvalue weighted by molar-refractivity contribution is -0.124. The molecule has 7 heteroatoms. The number of hydrogen-bond acceptors (Lipinski definition) is 5. The summed E-state index contributed by atoms with van der Waals surface area (Å²) in [4.78, 5) is 50.4. The fourth-order valence-electron chi connectivity index (χ4n) is 2.98. The maximum atomic E-state index is 12.8. The molecule has 0 saturated heterocycles. The van der Waals surface area contributed by atoms with Crippen LogP contribution in [0.2, 0.25) is 0 Å². The first-order valence-corrected chi connectivity index (χ1v) is 8.84. The number of amides is 3. The van der Waals surface area contributed by atoms with Crippen LogP contribution in [0.5, 0.6) is 0 Å². The molecule has 0 atom stereocenters. The van der Waals surface area contributed by atoms with Gasteiger partial charge >= 0.3 is 5.97 Å². The summed E-state index contributed by atoms with van der Waals surface area (Å²) in [7, 11) is 0. The van der Waals surface area contributed by atoms with Gasteiger partial charge in [0.1, 0.15) is 0 Å². The Hall–Kier alpha value is -3.48. The number of carbonyl (C=O) groups is 4. The van der Waals surface area contributed by atoms with Crippen LogP contribution in [0, 0.1) is 6.92 Å². The van der Waals surface area contributed by atoms with E-state index in [1.54, 1.807) is 26.0 Å². The minimum Gasteiger partial charge on any atom is -0.452 e. The number of hydrogen-bond donors (Lipinski definition) is 1. The lowest BCUT2D eigenvalue weighted by atomic mass is 10.1. The number of nitrogens with zero attached hydrogens (tertiary/aromatic N) is 1. The van der Waals surface area contributed by atoms with Gasteiger partial charge < -0.3 is 10.1 Å². The molecule has 28 heavy (non-hydrogen) atoms. The second-order valence-electron chi connectivity index (χ2n) is 6.79. The first kappa shape index (κ1) is 19.3. The second kappa shape index (κ2) is 7.64. The molecule has 1 heterocycles. The third-order valence-electron chi connectivity index (χ3n) is 4.26. The van der Waals surface area contributed by atoms with Crippen molar-refractivity contribution in [3.63, 3.8) is 0 Å². The van der Waals surface area contributed by atoms with Gasteiger partial charge in [-0.05, 0) is 50.6 Å². The van der Waals surface area contributed by atoms with Gasteiger partial charge in [-0.2, -0.15) is 0 Å².